The average Bonchev–Trinajstić information content (AvgIpc) is 3.39. The van der Waals surface area contributed by atoms with E-state index in [4.69, 9.17) is 0 Å². The van der Waals surface area contributed by atoms with E-state index in [9.17, 15) is 13.2 Å². The number of hydrogen-bond acceptors (Lipinski definition) is 6. The SMILES string of the molecule is CS(=O)(=O)C1(C(=O)Nc2ccc(-c3n[nH]c(C4CC4)n3)cc2)CCNCC1.Cl. The van der Waals surface area contributed by atoms with Crippen LogP contribution >= 0.6 is 12.4 Å². The van der Waals surface area contributed by atoms with Gasteiger partial charge in [0.25, 0.3) is 0 Å². The molecule has 8 nitrogen and oxygen atoms in total. The van der Waals surface area contributed by atoms with Crippen LogP contribution in [-0.2, 0) is 14.6 Å². The van der Waals surface area contributed by atoms with Gasteiger partial charge in [-0.25, -0.2) is 13.4 Å². The van der Waals surface area contributed by atoms with Gasteiger partial charge < -0.3 is 10.6 Å². The van der Waals surface area contributed by atoms with Gasteiger partial charge in [0, 0.05) is 23.4 Å². The lowest BCUT2D eigenvalue weighted by molar-refractivity contribution is -0.119. The van der Waals surface area contributed by atoms with Crippen molar-refractivity contribution in [3.8, 4) is 11.4 Å². The van der Waals surface area contributed by atoms with E-state index in [2.05, 4.69) is 25.8 Å². The normalized spacial score (nSPS) is 18.9. The van der Waals surface area contributed by atoms with Gasteiger partial charge in [-0.1, -0.05) is 0 Å². The molecule has 0 radical (unpaired) electrons. The predicted molar refractivity (Wildman–Crippen MR) is 109 cm³/mol. The number of carbonyl (C=O) groups excluding carboxylic acids is 1. The number of nitrogens with one attached hydrogen (secondary N) is 3. The molecule has 1 saturated carbocycles. The zero-order valence-electron chi connectivity index (χ0n) is 15.6. The van der Waals surface area contributed by atoms with Crippen LogP contribution in [0.5, 0.6) is 0 Å². The maximum Gasteiger partial charge on any atom is 0.245 e. The van der Waals surface area contributed by atoms with Gasteiger partial charge in [0.2, 0.25) is 5.91 Å². The van der Waals surface area contributed by atoms with Crippen LogP contribution in [0.15, 0.2) is 24.3 Å². The highest BCUT2D eigenvalue weighted by molar-refractivity contribution is 7.92. The number of piperidine rings is 1. The highest BCUT2D eigenvalue weighted by atomic mass is 35.5. The molecule has 0 atom stereocenters. The highest BCUT2D eigenvalue weighted by Crippen LogP contribution is 2.38. The number of halogens is 1. The Morgan fingerprint density at radius 1 is 1.18 bits per heavy atom. The molecule has 2 aromatic rings. The van der Waals surface area contributed by atoms with E-state index in [0.29, 0.717) is 30.5 Å². The van der Waals surface area contributed by atoms with Crippen molar-refractivity contribution < 1.29 is 13.2 Å². The molecule has 4 rings (SSSR count). The van der Waals surface area contributed by atoms with E-state index < -0.39 is 20.5 Å². The number of nitrogens with zero attached hydrogens (tertiary/aromatic N) is 2. The van der Waals surface area contributed by atoms with E-state index in [-0.39, 0.29) is 25.2 Å². The molecule has 1 amide bonds. The Morgan fingerprint density at radius 2 is 1.82 bits per heavy atom. The van der Waals surface area contributed by atoms with Crippen molar-refractivity contribution in [3.63, 3.8) is 0 Å². The Hall–Kier alpha value is -1.97. The van der Waals surface area contributed by atoms with Crippen LogP contribution in [0.1, 0.15) is 37.4 Å². The van der Waals surface area contributed by atoms with Crippen molar-refractivity contribution in [3.05, 3.63) is 30.1 Å². The second-order valence-electron chi connectivity index (χ2n) is 7.37. The summed E-state index contributed by atoms with van der Waals surface area (Å²) in [7, 11) is -3.53. The highest BCUT2D eigenvalue weighted by Gasteiger charge is 2.48. The molecule has 2 heterocycles. The molecule has 152 valence electrons. The molecule has 3 N–H and O–H groups in total. The molecule has 0 spiro atoms. The van der Waals surface area contributed by atoms with Crippen LogP contribution in [0.25, 0.3) is 11.4 Å². The fourth-order valence-electron chi connectivity index (χ4n) is 3.49. The molecule has 2 fully saturated rings. The molecule has 1 saturated heterocycles. The van der Waals surface area contributed by atoms with Crippen LogP contribution in [0.4, 0.5) is 5.69 Å². The molecular weight excluding hydrogens is 402 g/mol. The van der Waals surface area contributed by atoms with Gasteiger partial charge in [-0.2, -0.15) is 5.10 Å². The number of aromatic amines is 1. The summed E-state index contributed by atoms with van der Waals surface area (Å²) in [5.41, 5.74) is 1.40. The Morgan fingerprint density at radius 3 is 2.39 bits per heavy atom. The summed E-state index contributed by atoms with van der Waals surface area (Å²) in [6, 6.07) is 7.14. The van der Waals surface area contributed by atoms with Gasteiger partial charge >= 0.3 is 0 Å². The van der Waals surface area contributed by atoms with E-state index in [1.54, 1.807) is 12.1 Å². The number of aromatic nitrogens is 3. The molecular formula is C18H24ClN5O3S. The fourth-order valence-corrected chi connectivity index (χ4v) is 4.82. The molecule has 10 heteroatoms. The Balaban J connectivity index is 0.00000225. The minimum Gasteiger partial charge on any atom is -0.325 e. The summed E-state index contributed by atoms with van der Waals surface area (Å²) >= 11 is 0. The number of anilines is 1. The molecule has 0 bridgehead atoms. The first-order valence-corrected chi connectivity index (χ1v) is 11.0. The summed E-state index contributed by atoms with van der Waals surface area (Å²) in [5, 5.41) is 13.1. The second kappa shape index (κ2) is 7.81. The molecule has 1 aromatic carbocycles. The standard InChI is InChI=1S/C18H23N5O3S.ClH/c1-27(25,26)18(8-10-19-11-9-18)17(24)20-14-6-4-13(5-7-14)16-21-15(22-23-16)12-2-3-12;/h4-7,12,19H,2-3,8-11H2,1H3,(H,20,24)(H,21,22,23);1H. The smallest absolute Gasteiger partial charge is 0.245 e. The van der Waals surface area contributed by atoms with Gasteiger partial charge in [-0.15, -0.1) is 12.4 Å². The molecule has 0 unspecified atom stereocenters. The Labute approximate surface area is 170 Å². The minimum atomic E-state index is -3.53. The van der Waals surface area contributed by atoms with E-state index in [0.717, 1.165) is 30.5 Å². The number of rotatable bonds is 5. The van der Waals surface area contributed by atoms with Gasteiger partial charge in [0.1, 0.15) is 5.82 Å². The number of hydrogen-bond donors (Lipinski definition) is 3. The zero-order chi connectivity index (χ0) is 19.1. The summed E-state index contributed by atoms with van der Waals surface area (Å²) in [5.74, 6) is 1.58. The van der Waals surface area contributed by atoms with Crippen LogP contribution in [0.3, 0.4) is 0 Å². The minimum absolute atomic E-state index is 0. The van der Waals surface area contributed by atoms with Gasteiger partial charge in [0.05, 0.1) is 0 Å². The average molecular weight is 426 g/mol. The van der Waals surface area contributed by atoms with Gasteiger partial charge in [-0.3, -0.25) is 9.89 Å². The predicted octanol–water partition coefficient (Wildman–Crippen LogP) is 1.88. The van der Waals surface area contributed by atoms with Crippen LogP contribution in [-0.4, -0.2) is 53.6 Å². The summed E-state index contributed by atoms with van der Waals surface area (Å²) < 4.78 is 23.3. The maximum atomic E-state index is 12.8. The summed E-state index contributed by atoms with van der Waals surface area (Å²) in [6.07, 6.45) is 3.99. The lowest BCUT2D eigenvalue weighted by Crippen LogP contribution is -2.55. The third-order valence-electron chi connectivity index (χ3n) is 5.40. The first-order chi connectivity index (χ1) is 12.9. The Kier molecular flexibility index (Phi) is 5.79. The molecule has 1 aromatic heterocycles. The molecule has 2 aliphatic rings. The van der Waals surface area contributed by atoms with Crippen molar-refractivity contribution in [2.45, 2.75) is 36.3 Å². The van der Waals surface area contributed by atoms with E-state index in [1.165, 1.54) is 0 Å². The lowest BCUT2D eigenvalue weighted by Gasteiger charge is -2.34. The first kappa shape index (κ1) is 20.8. The van der Waals surface area contributed by atoms with Crippen molar-refractivity contribution in [2.24, 2.45) is 0 Å². The Bertz CT molecular complexity index is 948. The summed E-state index contributed by atoms with van der Waals surface area (Å²) in [4.78, 5) is 17.3. The summed E-state index contributed by atoms with van der Waals surface area (Å²) in [6.45, 7) is 1.02. The number of H-pyrrole nitrogens is 1. The van der Waals surface area contributed by atoms with Crippen molar-refractivity contribution in [1.29, 1.82) is 0 Å². The van der Waals surface area contributed by atoms with Crippen LogP contribution < -0.4 is 10.6 Å². The number of amides is 1. The third kappa shape index (κ3) is 3.92. The van der Waals surface area contributed by atoms with Crippen molar-refractivity contribution in [2.75, 3.05) is 24.7 Å². The van der Waals surface area contributed by atoms with Gasteiger partial charge in [0.15, 0.2) is 20.4 Å². The number of carbonyl (C=O) groups is 1. The zero-order valence-corrected chi connectivity index (χ0v) is 17.2. The third-order valence-corrected chi connectivity index (χ3v) is 7.42. The van der Waals surface area contributed by atoms with Crippen LogP contribution in [0, 0.1) is 0 Å². The molecule has 28 heavy (non-hydrogen) atoms. The second-order valence-corrected chi connectivity index (χ2v) is 9.69. The number of sulfone groups is 1. The maximum absolute atomic E-state index is 12.8. The molecule has 1 aliphatic heterocycles. The fraction of sp³-hybridized carbons (Fsp3) is 0.500. The lowest BCUT2D eigenvalue weighted by atomic mass is 9.95. The van der Waals surface area contributed by atoms with Crippen molar-refractivity contribution >= 4 is 33.8 Å². The topological polar surface area (TPSA) is 117 Å². The quantitative estimate of drug-likeness (QED) is 0.673. The monoisotopic (exact) mass is 425 g/mol. The first-order valence-electron chi connectivity index (χ1n) is 9.14. The van der Waals surface area contributed by atoms with E-state index in [1.807, 2.05) is 12.1 Å². The van der Waals surface area contributed by atoms with Crippen LogP contribution in [0.2, 0.25) is 0 Å². The molecule has 1 aliphatic carbocycles. The van der Waals surface area contributed by atoms with Crippen molar-refractivity contribution in [1.82, 2.24) is 20.5 Å². The largest absolute Gasteiger partial charge is 0.325 e. The van der Waals surface area contributed by atoms with Gasteiger partial charge in [-0.05, 0) is 63.0 Å². The number of benzene rings is 1. The van der Waals surface area contributed by atoms with E-state index >= 15 is 0 Å².